The van der Waals surface area contributed by atoms with E-state index in [1.807, 2.05) is 19.0 Å². The molecule has 176 valence electrons. The van der Waals surface area contributed by atoms with E-state index in [1.165, 1.54) is 12.3 Å². The molecule has 0 radical (unpaired) electrons. The average Bonchev–Trinajstić information content (AvgIpc) is 2.74. The lowest BCUT2D eigenvalue weighted by Gasteiger charge is -2.16. The molecule has 0 saturated carbocycles. The molecule has 0 saturated heterocycles. The second-order valence-electron chi connectivity index (χ2n) is 7.46. The van der Waals surface area contributed by atoms with E-state index in [0.717, 1.165) is 6.07 Å². The Kier molecular flexibility index (Phi) is 7.67. The smallest absolute Gasteiger partial charge is 0.416 e. The van der Waals surface area contributed by atoms with E-state index in [2.05, 4.69) is 20.6 Å². The summed E-state index contributed by atoms with van der Waals surface area (Å²) in [6.45, 7) is 0.625. The fourth-order valence-corrected chi connectivity index (χ4v) is 2.85. The SMILES string of the molecule is CN(C)CC(O)COc1ccc(Nc2nccc(Nc3cc(C(F)(F)F)ccc3F)n2)cc1. The van der Waals surface area contributed by atoms with Crippen LogP contribution in [-0.2, 0) is 6.18 Å². The lowest BCUT2D eigenvalue weighted by Crippen LogP contribution is -2.30. The van der Waals surface area contributed by atoms with Crippen molar-refractivity contribution in [2.24, 2.45) is 0 Å². The summed E-state index contributed by atoms with van der Waals surface area (Å²) in [6.07, 6.45) is -3.83. The first-order valence-corrected chi connectivity index (χ1v) is 9.89. The van der Waals surface area contributed by atoms with E-state index in [0.29, 0.717) is 30.1 Å². The molecule has 2 aromatic carbocycles. The third-order valence-electron chi connectivity index (χ3n) is 4.34. The Balaban J connectivity index is 1.64. The Labute approximate surface area is 188 Å². The van der Waals surface area contributed by atoms with Crippen molar-refractivity contribution < 1.29 is 27.4 Å². The van der Waals surface area contributed by atoms with Gasteiger partial charge in [0.25, 0.3) is 0 Å². The maximum absolute atomic E-state index is 14.0. The van der Waals surface area contributed by atoms with Crippen LogP contribution >= 0.6 is 0 Å². The van der Waals surface area contributed by atoms with Crippen molar-refractivity contribution in [3.8, 4) is 5.75 Å². The third-order valence-corrected chi connectivity index (χ3v) is 4.34. The highest BCUT2D eigenvalue weighted by Crippen LogP contribution is 2.32. The Morgan fingerprint density at radius 2 is 1.79 bits per heavy atom. The van der Waals surface area contributed by atoms with E-state index >= 15 is 0 Å². The average molecular weight is 465 g/mol. The zero-order valence-electron chi connectivity index (χ0n) is 17.9. The highest BCUT2D eigenvalue weighted by atomic mass is 19.4. The van der Waals surface area contributed by atoms with Gasteiger partial charge < -0.3 is 25.4 Å². The van der Waals surface area contributed by atoms with Crippen molar-refractivity contribution in [3.05, 3.63) is 66.1 Å². The molecule has 3 N–H and O–H groups in total. The van der Waals surface area contributed by atoms with Gasteiger partial charge in [-0.25, -0.2) is 9.37 Å². The first kappa shape index (κ1) is 24.2. The largest absolute Gasteiger partial charge is 0.491 e. The van der Waals surface area contributed by atoms with E-state index in [1.54, 1.807) is 24.3 Å². The van der Waals surface area contributed by atoms with Crippen LogP contribution in [0.4, 0.5) is 40.7 Å². The van der Waals surface area contributed by atoms with Crippen LogP contribution in [0.15, 0.2) is 54.7 Å². The second kappa shape index (κ2) is 10.5. The van der Waals surface area contributed by atoms with Gasteiger partial charge >= 0.3 is 6.18 Å². The minimum Gasteiger partial charge on any atom is -0.491 e. The molecule has 0 amide bonds. The van der Waals surface area contributed by atoms with Crippen LogP contribution in [0.5, 0.6) is 5.75 Å². The summed E-state index contributed by atoms with van der Waals surface area (Å²) in [4.78, 5) is 10.1. The van der Waals surface area contributed by atoms with Crippen molar-refractivity contribution in [2.45, 2.75) is 12.3 Å². The van der Waals surface area contributed by atoms with Crippen molar-refractivity contribution in [1.29, 1.82) is 0 Å². The van der Waals surface area contributed by atoms with Crippen LogP contribution in [-0.4, -0.2) is 53.3 Å². The Morgan fingerprint density at radius 3 is 2.45 bits per heavy atom. The van der Waals surface area contributed by atoms with Gasteiger partial charge in [-0.05, 0) is 62.6 Å². The monoisotopic (exact) mass is 465 g/mol. The maximum Gasteiger partial charge on any atom is 0.416 e. The molecule has 0 aliphatic rings. The lowest BCUT2D eigenvalue weighted by atomic mass is 10.2. The molecule has 7 nitrogen and oxygen atoms in total. The van der Waals surface area contributed by atoms with E-state index < -0.39 is 23.7 Å². The van der Waals surface area contributed by atoms with Gasteiger partial charge in [-0.3, -0.25) is 0 Å². The number of likely N-dealkylation sites (N-methyl/N-ethyl adjacent to an activating group) is 1. The van der Waals surface area contributed by atoms with E-state index in [-0.39, 0.29) is 24.1 Å². The van der Waals surface area contributed by atoms with Gasteiger partial charge in [-0.15, -0.1) is 0 Å². The molecule has 0 aliphatic carbocycles. The number of benzene rings is 2. The summed E-state index contributed by atoms with van der Waals surface area (Å²) in [5, 5.41) is 15.4. The maximum atomic E-state index is 14.0. The molecule has 1 heterocycles. The van der Waals surface area contributed by atoms with Gasteiger partial charge in [0.2, 0.25) is 5.95 Å². The fourth-order valence-electron chi connectivity index (χ4n) is 2.85. The summed E-state index contributed by atoms with van der Waals surface area (Å²) in [6, 6.07) is 10.3. The van der Waals surface area contributed by atoms with E-state index in [4.69, 9.17) is 4.74 Å². The van der Waals surface area contributed by atoms with Crippen LogP contribution in [0.25, 0.3) is 0 Å². The normalized spacial score (nSPS) is 12.5. The van der Waals surface area contributed by atoms with Crippen LogP contribution < -0.4 is 15.4 Å². The van der Waals surface area contributed by atoms with Crippen molar-refractivity contribution in [3.63, 3.8) is 0 Å². The van der Waals surface area contributed by atoms with Gasteiger partial charge in [-0.2, -0.15) is 18.2 Å². The molecule has 1 aromatic heterocycles. The number of rotatable bonds is 9. The second-order valence-corrected chi connectivity index (χ2v) is 7.46. The number of anilines is 4. The van der Waals surface area contributed by atoms with Crippen LogP contribution in [0, 0.1) is 5.82 Å². The molecule has 1 unspecified atom stereocenters. The highest BCUT2D eigenvalue weighted by Gasteiger charge is 2.31. The van der Waals surface area contributed by atoms with Gasteiger partial charge in [0.15, 0.2) is 0 Å². The molecule has 3 rings (SSSR count). The number of aromatic nitrogens is 2. The number of ether oxygens (including phenoxy) is 1. The molecular weight excluding hydrogens is 442 g/mol. The topological polar surface area (TPSA) is 82.5 Å². The summed E-state index contributed by atoms with van der Waals surface area (Å²) in [5.74, 6) is -0.0138. The highest BCUT2D eigenvalue weighted by molar-refractivity contribution is 5.61. The predicted molar refractivity (Wildman–Crippen MR) is 116 cm³/mol. The zero-order valence-corrected chi connectivity index (χ0v) is 17.9. The quantitative estimate of drug-likeness (QED) is 0.404. The van der Waals surface area contributed by atoms with Gasteiger partial charge in [0.05, 0.1) is 11.3 Å². The molecular formula is C22H23F4N5O2. The molecule has 11 heteroatoms. The first-order valence-electron chi connectivity index (χ1n) is 9.89. The van der Waals surface area contributed by atoms with Crippen LogP contribution in [0.2, 0.25) is 0 Å². The van der Waals surface area contributed by atoms with Gasteiger partial charge in [0, 0.05) is 18.4 Å². The zero-order chi connectivity index (χ0) is 24.0. The van der Waals surface area contributed by atoms with Crippen molar-refractivity contribution in [1.82, 2.24) is 14.9 Å². The number of aliphatic hydroxyl groups excluding tert-OH is 1. The Hall–Kier alpha value is -3.44. The summed E-state index contributed by atoms with van der Waals surface area (Å²) >= 11 is 0. The molecule has 0 fully saturated rings. The summed E-state index contributed by atoms with van der Waals surface area (Å²) in [7, 11) is 3.71. The Morgan fingerprint density at radius 1 is 1.06 bits per heavy atom. The first-order chi connectivity index (χ1) is 15.6. The van der Waals surface area contributed by atoms with Gasteiger partial charge in [0.1, 0.15) is 30.1 Å². The summed E-state index contributed by atoms with van der Waals surface area (Å²) < 4.78 is 58.2. The Bertz CT molecular complexity index is 1060. The third kappa shape index (κ3) is 7.29. The van der Waals surface area contributed by atoms with Crippen molar-refractivity contribution >= 4 is 23.1 Å². The molecule has 0 bridgehead atoms. The number of hydrogen-bond acceptors (Lipinski definition) is 7. The van der Waals surface area contributed by atoms with Crippen LogP contribution in [0.3, 0.4) is 0 Å². The number of hydrogen-bond donors (Lipinski definition) is 3. The number of nitrogens with one attached hydrogen (secondary N) is 2. The lowest BCUT2D eigenvalue weighted by molar-refractivity contribution is -0.137. The molecule has 0 aliphatic heterocycles. The van der Waals surface area contributed by atoms with E-state index in [9.17, 15) is 22.7 Å². The molecule has 1 atom stereocenters. The van der Waals surface area contributed by atoms with Gasteiger partial charge in [-0.1, -0.05) is 0 Å². The van der Waals surface area contributed by atoms with Crippen LogP contribution in [0.1, 0.15) is 5.56 Å². The fraction of sp³-hybridized carbons (Fsp3) is 0.273. The summed E-state index contributed by atoms with van der Waals surface area (Å²) in [5.41, 5.74) is -0.707. The number of alkyl halides is 3. The minimum absolute atomic E-state index is 0.112. The number of halogens is 4. The molecule has 33 heavy (non-hydrogen) atoms. The standard InChI is InChI=1S/C22H23F4N5O2/c1-31(2)12-16(32)13-33-17-6-4-15(5-7-17)28-21-27-10-9-20(30-21)29-19-11-14(22(24,25)26)3-8-18(19)23/h3-11,16,32H,12-13H2,1-2H3,(H2,27,28,29,30). The molecule has 0 spiro atoms. The number of aliphatic hydroxyl groups is 1. The molecule has 3 aromatic rings. The predicted octanol–water partition coefficient (Wildman–Crippen LogP) is 4.42. The number of nitrogens with zero attached hydrogens (tertiary/aromatic N) is 3. The van der Waals surface area contributed by atoms with Crippen molar-refractivity contribution in [2.75, 3.05) is 37.9 Å². The minimum atomic E-state index is -4.59.